The minimum atomic E-state index is -2.90. The lowest BCUT2D eigenvalue weighted by Crippen LogP contribution is -2.11. The molecule has 0 aromatic carbocycles. The Hall–Kier alpha value is -0.860. The van der Waals surface area contributed by atoms with Crippen molar-refractivity contribution in [2.75, 3.05) is 7.11 Å². The topological polar surface area (TPSA) is 39.2 Å². The number of alkyl halides is 2. The number of rotatable bonds is 2. The highest BCUT2D eigenvalue weighted by Gasteiger charge is 2.24. The maximum Gasteiger partial charge on any atom is 0.339 e. The second-order valence-electron chi connectivity index (χ2n) is 2.49. The van der Waals surface area contributed by atoms with Gasteiger partial charge in [-0.2, -0.15) is 4.39 Å². The first-order valence-electron chi connectivity index (χ1n) is 3.69. The number of carbonyl (C=O) groups is 1. The van der Waals surface area contributed by atoms with E-state index in [0.717, 1.165) is 7.11 Å². The van der Waals surface area contributed by atoms with Crippen molar-refractivity contribution in [1.82, 2.24) is 4.98 Å². The van der Waals surface area contributed by atoms with Crippen molar-refractivity contribution in [2.45, 2.75) is 6.43 Å². The zero-order chi connectivity index (χ0) is 11.6. The summed E-state index contributed by atoms with van der Waals surface area (Å²) in [6.07, 6.45) is -2.27. The van der Waals surface area contributed by atoms with Gasteiger partial charge >= 0.3 is 5.97 Å². The van der Waals surface area contributed by atoms with Crippen LogP contribution in [0.15, 0.2) is 6.20 Å². The van der Waals surface area contributed by atoms with Crippen molar-refractivity contribution >= 4 is 28.6 Å². The Labute approximate surface area is 96.8 Å². The van der Waals surface area contributed by atoms with Crippen LogP contribution in [0.4, 0.5) is 13.2 Å². The van der Waals surface area contributed by atoms with Crippen LogP contribution in [0.25, 0.3) is 0 Å². The van der Waals surface area contributed by atoms with E-state index in [2.05, 4.69) is 9.72 Å². The monoisotopic (exact) mass is 331 g/mol. The fraction of sp³-hybridized carbons (Fsp3) is 0.250. The number of esters is 1. The normalized spacial score (nSPS) is 10.5. The van der Waals surface area contributed by atoms with Gasteiger partial charge < -0.3 is 4.74 Å². The lowest BCUT2D eigenvalue weighted by atomic mass is 10.1. The van der Waals surface area contributed by atoms with Crippen LogP contribution in [0, 0.1) is 9.52 Å². The molecule has 0 spiro atoms. The van der Waals surface area contributed by atoms with Crippen LogP contribution in [0.5, 0.6) is 0 Å². The molecule has 0 aliphatic rings. The van der Waals surface area contributed by atoms with Gasteiger partial charge in [-0.25, -0.2) is 18.6 Å². The van der Waals surface area contributed by atoms with E-state index in [-0.39, 0.29) is 3.57 Å². The van der Waals surface area contributed by atoms with Crippen LogP contribution in [0.1, 0.15) is 22.3 Å². The number of ether oxygens (including phenoxy) is 1. The molecule has 0 aliphatic carbocycles. The number of methoxy groups -OCH3 is 1. The van der Waals surface area contributed by atoms with E-state index < -0.39 is 29.5 Å². The standard InChI is InChI=1S/C8H5F3INO2/c1-15-8(14)4-3(6(9)10)2-13-7(11)5(4)12/h2,6H,1H3. The average molecular weight is 331 g/mol. The Morgan fingerprint density at radius 3 is 2.67 bits per heavy atom. The summed E-state index contributed by atoms with van der Waals surface area (Å²) in [5, 5.41) is 0. The van der Waals surface area contributed by atoms with Crippen molar-refractivity contribution in [1.29, 1.82) is 0 Å². The molecule has 1 aromatic rings. The number of halogens is 4. The van der Waals surface area contributed by atoms with E-state index in [1.54, 1.807) is 0 Å². The van der Waals surface area contributed by atoms with Gasteiger partial charge in [-0.1, -0.05) is 0 Å². The molecule has 0 atom stereocenters. The van der Waals surface area contributed by atoms with E-state index in [4.69, 9.17) is 0 Å². The number of hydrogen-bond donors (Lipinski definition) is 0. The van der Waals surface area contributed by atoms with E-state index in [1.807, 2.05) is 0 Å². The molecule has 0 fully saturated rings. The molecule has 0 saturated carbocycles. The molecular weight excluding hydrogens is 326 g/mol. The van der Waals surface area contributed by atoms with Crippen molar-refractivity contribution in [2.24, 2.45) is 0 Å². The van der Waals surface area contributed by atoms with Gasteiger partial charge in [-0.3, -0.25) is 0 Å². The van der Waals surface area contributed by atoms with Crippen LogP contribution in [-0.2, 0) is 4.74 Å². The molecule has 0 bridgehead atoms. The minimum absolute atomic E-state index is 0.266. The molecule has 3 nitrogen and oxygen atoms in total. The Bertz CT molecular complexity index is 398. The van der Waals surface area contributed by atoms with Gasteiger partial charge in [0.05, 0.1) is 21.8 Å². The maximum atomic E-state index is 12.9. The Morgan fingerprint density at radius 1 is 1.60 bits per heavy atom. The van der Waals surface area contributed by atoms with Gasteiger partial charge in [0.1, 0.15) is 0 Å². The summed E-state index contributed by atoms with van der Waals surface area (Å²) in [5.74, 6) is -1.98. The second-order valence-corrected chi connectivity index (χ2v) is 3.56. The number of aromatic nitrogens is 1. The Kier molecular flexibility index (Phi) is 3.89. The smallest absolute Gasteiger partial charge is 0.339 e. The fourth-order valence-electron chi connectivity index (χ4n) is 0.952. The molecule has 1 heterocycles. The maximum absolute atomic E-state index is 12.9. The predicted octanol–water partition coefficient (Wildman–Crippen LogP) is 2.55. The SMILES string of the molecule is COC(=O)c1c(C(F)F)cnc(F)c1I. The number of pyridine rings is 1. The van der Waals surface area contributed by atoms with E-state index >= 15 is 0 Å². The molecule has 0 amide bonds. The molecule has 7 heteroatoms. The first-order valence-corrected chi connectivity index (χ1v) is 4.77. The van der Waals surface area contributed by atoms with Gasteiger partial charge in [0.2, 0.25) is 5.95 Å². The lowest BCUT2D eigenvalue weighted by molar-refractivity contribution is 0.0586. The van der Waals surface area contributed by atoms with Crippen LogP contribution < -0.4 is 0 Å². The van der Waals surface area contributed by atoms with Crippen molar-refractivity contribution in [3.8, 4) is 0 Å². The minimum Gasteiger partial charge on any atom is -0.465 e. The summed E-state index contributed by atoms with van der Waals surface area (Å²) in [5.41, 5.74) is -1.10. The van der Waals surface area contributed by atoms with E-state index in [0.29, 0.717) is 6.20 Å². The average Bonchev–Trinajstić information content (AvgIpc) is 2.20. The Morgan fingerprint density at radius 2 is 2.20 bits per heavy atom. The van der Waals surface area contributed by atoms with Crippen LogP contribution in [0.2, 0.25) is 0 Å². The summed E-state index contributed by atoms with van der Waals surface area (Å²) in [6.45, 7) is 0. The molecule has 1 aromatic heterocycles. The third kappa shape index (κ3) is 2.39. The molecule has 0 radical (unpaired) electrons. The highest BCUT2D eigenvalue weighted by atomic mass is 127. The van der Waals surface area contributed by atoms with Crippen molar-refractivity contribution in [3.63, 3.8) is 0 Å². The fourth-order valence-corrected chi connectivity index (χ4v) is 1.62. The highest BCUT2D eigenvalue weighted by molar-refractivity contribution is 14.1. The summed E-state index contributed by atoms with van der Waals surface area (Å²) >= 11 is 1.43. The van der Waals surface area contributed by atoms with Gasteiger partial charge in [0.15, 0.2) is 0 Å². The van der Waals surface area contributed by atoms with Crippen molar-refractivity contribution < 1.29 is 22.7 Å². The third-order valence-corrected chi connectivity index (χ3v) is 2.62. The number of hydrogen-bond acceptors (Lipinski definition) is 3. The van der Waals surface area contributed by atoms with Crippen molar-refractivity contribution in [3.05, 3.63) is 26.8 Å². The van der Waals surface area contributed by atoms with Gasteiger partial charge in [-0.15, -0.1) is 0 Å². The van der Waals surface area contributed by atoms with Crippen LogP contribution in [0.3, 0.4) is 0 Å². The zero-order valence-electron chi connectivity index (χ0n) is 7.43. The Balaban J connectivity index is 3.41. The molecule has 0 N–H and O–H groups in total. The molecule has 0 aliphatic heterocycles. The molecule has 1 rings (SSSR count). The predicted molar refractivity (Wildman–Crippen MR) is 53.2 cm³/mol. The zero-order valence-corrected chi connectivity index (χ0v) is 9.59. The lowest BCUT2D eigenvalue weighted by Gasteiger charge is -2.08. The summed E-state index contributed by atoms with van der Waals surface area (Å²) < 4.78 is 41.9. The summed E-state index contributed by atoms with van der Waals surface area (Å²) in [6, 6.07) is 0. The first kappa shape index (κ1) is 12.2. The van der Waals surface area contributed by atoms with E-state index in [1.165, 1.54) is 22.6 Å². The van der Waals surface area contributed by atoms with Crippen LogP contribution >= 0.6 is 22.6 Å². The number of carbonyl (C=O) groups excluding carboxylic acids is 1. The first-order chi connectivity index (χ1) is 6.99. The largest absolute Gasteiger partial charge is 0.465 e. The second kappa shape index (κ2) is 4.77. The summed E-state index contributed by atoms with van der Waals surface area (Å²) in [4.78, 5) is 14.3. The molecule has 82 valence electrons. The molecule has 0 saturated heterocycles. The van der Waals surface area contributed by atoms with E-state index in [9.17, 15) is 18.0 Å². The van der Waals surface area contributed by atoms with Gasteiger partial charge in [0.25, 0.3) is 6.43 Å². The third-order valence-electron chi connectivity index (χ3n) is 1.63. The number of nitrogens with zero attached hydrogens (tertiary/aromatic N) is 1. The molecule has 0 unspecified atom stereocenters. The van der Waals surface area contributed by atoms with Gasteiger partial charge in [-0.05, 0) is 22.6 Å². The quantitative estimate of drug-likeness (QED) is 0.475. The van der Waals surface area contributed by atoms with Crippen LogP contribution in [-0.4, -0.2) is 18.1 Å². The summed E-state index contributed by atoms with van der Waals surface area (Å²) in [7, 11) is 1.03. The highest BCUT2D eigenvalue weighted by Crippen LogP contribution is 2.27. The van der Waals surface area contributed by atoms with Gasteiger partial charge in [0, 0.05) is 6.20 Å². The molecule has 15 heavy (non-hydrogen) atoms. The molecular formula is C8H5F3INO2.